The number of fused-ring (bicyclic) bond motifs is 1. The molecule has 0 radical (unpaired) electrons. The van der Waals surface area contributed by atoms with E-state index in [1.165, 1.54) is 18.2 Å². The van der Waals surface area contributed by atoms with Gasteiger partial charge in [-0.3, -0.25) is 0 Å². The van der Waals surface area contributed by atoms with Gasteiger partial charge >= 0.3 is 12.1 Å². The molecule has 1 aromatic heterocycles. The van der Waals surface area contributed by atoms with E-state index >= 15 is 0 Å². The lowest BCUT2D eigenvalue weighted by Crippen LogP contribution is -2.54. The Morgan fingerprint density at radius 1 is 1.09 bits per heavy atom. The Morgan fingerprint density at radius 2 is 1.79 bits per heavy atom. The number of carbonyl (C=O) groups is 2. The minimum atomic E-state index is -1.01. The Hall–Kier alpha value is -3.68. The number of anilines is 1. The van der Waals surface area contributed by atoms with E-state index in [9.17, 15) is 19.1 Å². The molecule has 1 fully saturated rings. The number of hydrogen-bond donors (Lipinski definition) is 1. The number of aromatic nitrogens is 1. The van der Waals surface area contributed by atoms with Crippen LogP contribution in [0.25, 0.3) is 22.2 Å². The number of aromatic carboxylic acids is 1. The van der Waals surface area contributed by atoms with Crippen LogP contribution in [0.5, 0.6) is 0 Å². The zero-order valence-electron chi connectivity index (χ0n) is 19.7. The summed E-state index contributed by atoms with van der Waals surface area (Å²) in [5, 5.41) is 10.1. The van der Waals surface area contributed by atoms with Crippen molar-refractivity contribution in [3.05, 3.63) is 59.9 Å². The summed E-state index contributed by atoms with van der Waals surface area (Å²) < 4.78 is 19.1. The Morgan fingerprint density at radius 3 is 2.41 bits per heavy atom. The molecule has 2 heterocycles. The van der Waals surface area contributed by atoms with E-state index in [4.69, 9.17) is 9.72 Å². The lowest BCUT2D eigenvalue weighted by Gasteiger charge is -2.42. The molecular formula is C26H28FN3O4. The van der Waals surface area contributed by atoms with Gasteiger partial charge in [0, 0.05) is 36.6 Å². The fourth-order valence-electron chi connectivity index (χ4n) is 4.15. The molecule has 0 aliphatic carbocycles. The van der Waals surface area contributed by atoms with E-state index in [-0.39, 0.29) is 23.5 Å². The molecule has 1 aliphatic rings. The molecule has 0 bridgehead atoms. The molecule has 3 aromatic rings. The number of ether oxygens (including phenoxy) is 1. The van der Waals surface area contributed by atoms with E-state index in [0.29, 0.717) is 36.2 Å². The second-order valence-electron chi connectivity index (χ2n) is 9.54. The molecule has 1 amide bonds. The van der Waals surface area contributed by atoms with Crippen LogP contribution in [-0.4, -0.2) is 58.3 Å². The third kappa shape index (κ3) is 4.95. The van der Waals surface area contributed by atoms with E-state index in [2.05, 4.69) is 4.90 Å². The summed E-state index contributed by atoms with van der Waals surface area (Å²) in [5.74, 6) is -1.35. The van der Waals surface area contributed by atoms with Crippen LogP contribution in [0.4, 0.5) is 14.9 Å². The predicted octanol–water partition coefficient (Wildman–Crippen LogP) is 5.18. The summed E-state index contributed by atoms with van der Waals surface area (Å²) >= 11 is 0. The SMILES string of the molecule is C[C@H]1CN(C(=O)OC(C)(C)C)CCN1c1cc2cc(C(=O)O)ccc2nc1-c1ccc(F)cc1. The molecule has 1 saturated heterocycles. The van der Waals surface area contributed by atoms with Gasteiger partial charge in [-0.2, -0.15) is 0 Å². The first-order valence-electron chi connectivity index (χ1n) is 11.2. The molecule has 0 unspecified atom stereocenters. The number of carbonyl (C=O) groups excluding carboxylic acids is 1. The van der Waals surface area contributed by atoms with Crippen LogP contribution in [0.1, 0.15) is 38.1 Å². The molecular weight excluding hydrogens is 437 g/mol. The average Bonchev–Trinajstić information content (AvgIpc) is 2.77. The molecule has 178 valence electrons. The number of pyridine rings is 1. The maximum Gasteiger partial charge on any atom is 0.410 e. The Balaban J connectivity index is 1.73. The fourth-order valence-corrected chi connectivity index (χ4v) is 4.15. The van der Waals surface area contributed by atoms with E-state index in [1.807, 2.05) is 33.8 Å². The van der Waals surface area contributed by atoms with Gasteiger partial charge in [-0.1, -0.05) is 0 Å². The van der Waals surface area contributed by atoms with Crippen LogP contribution in [0.3, 0.4) is 0 Å². The largest absolute Gasteiger partial charge is 0.478 e. The van der Waals surface area contributed by atoms with Crippen molar-refractivity contribution >= 4 is 28.7 Å². The summed E-state index contributed by atoms with van der Waals surface area (Å²) in [6.07, 6.45) is -0.347. The normalized spacial score (nSPS) is 16.6. The van der Waals surface area contributed by atoms with Crippen LogP contribution in [-0.2, 0) is 4.74 Å². The Labute approximate surface area is 197 Å². The first-order valence-corrected chi connectivity index (χ1v) is 11.2. The predicted molar refractivity (Wildman–Crippen MR) is 129 cm³/mol. The van der Waals surface area contributed by atoms with Crippen molar-refractivity contribution in [1.82, 2.24) is 9.88 Å². The van der Waals surface area contributed by atoms with Crippen molar-refractivity contribution < 1.29 is 23.8 Å². The number of halogens is 1. The van der Waals surface area contributed by atoms with Gasteiger partial charge in [0.15, 0.2) is 0 Å². The zero-order valence-corrected chi connectivity index (χ0v) is 19.7. The van der Waals surface area contributed by atoms with Gasteiger partial charge in [-0.05, 0) is 76.2 Å². The van der Waals surface area contributed by atoms with Crippen LogP contribution in [0.2, 0.25) is 0 Å². The van der Waals surface area contributed by atoms with Crippen molar-refractivity contribution in [2.45, 2.75) is 39.3 Å². The highest BCUT2D eigenvalue weighted by molar-refractivity contribution is 5.96. The molecule has 7 nitrogen and oxygen atoms in total. The molecule has 34 heavy (non-hydrogen) atoms. The number of nitrogens with zero attached hydrogens (tertiary/aromatic N) is 3. The smallest absolute Gasteiger partial charge is 0.410 e. The summed E-state index contributed by atoms with van der Waals surface area (Å²) in [6.45, 7) is 9.01. The summed E-state index contributed by atoms with van der Waals surface area (Å²) in [7, 11) is 0. The van der Waals surface area contributed by atoms with Crippen molar-refractivity contribution in [1.29, 1.82) is 0 Å². The highest BCUT2D eigenvalue weighted by Gasteiger charge is 2.31. The Bertz CT molecular complexity index is 1240. The van der Waals surface area contributed by atoms with Gasteiger partial charge in [-0.15, -0.1) is 0 Å². The summed E-state index contributed by atoms with van der Waals surface area (Å²) in [5.41, 5.74) is 2.48. The fraction of sp³-hybridized carbons (Fsp3) is 0.346. The number of amides is 1. The lowest BCUT2D eigenvalue weighted by molar-refractivity contribution is 0.0218. The number of carboxylic acid groups (broad SMARTS) is 1. The third-order valence-corrected chi connectivity index (χ3v) is 5.75. The summed E-state index contributed by atoms with van der Waals surface area (Å²) in [4.78, 5) is 32.7. The van der Waals surface area contributed by atoms with E-state index in [1.54, 1.807) is 29.2 Å². The van der Waals surface area contributed by atoms with Gasteiger partial charge < -0.3 is 19.6 Å². The maximum absolute atomic E-state index is 13.6. The van der Waals surface area contributed by atoms with Crippen molar-refractivity contribution in [2.24, 2.45) is 0 Å². The molecule has 0 spiro atoms. The monoisotopic (exact) mass is 465 g/mol. The van der Waals surface area contributed by atoms with E-state index < -0.39 is 11.6 Å². The molecule has 8 heteroatoms. The molecule has 1 aliphatic heterocycles. The van der Waals surface area contributed by atoms with Crippen molar-refractivity contribution in [3.63, 3.8) is 0 Å². The zero-order chi connectivity index (χ0) is 24.6. The van der Waals surface area contributed by atoms with Gasteiger partial charge in [0.05, 0.1) is 22.5 Å². The molecule has 1 atom stereocenters. The van der Waals surface area contributed by atoms with Crippen LogP contribution in [0.15, 0.2) is 48.5 Å². The number of benzene rings is 2. The van der Waals surface area contributed by atoms with E-state index in [0.717, 1.165) is 11.3 Å². The molecule has 0 saturated carbocycles. The first-order chi connectivity index (χ1) is 16.0. The van der Waals surface area contributed by atoms with Gasteiger partial charge in [0.25, 0.3) is 0 Å². The lowest BCUT2D eigenvalue weighted by atomic mass is 10.0. The highest BCUT2D eigenvalue weighted by atomic mass is 19.1. The minimum Gasteiger partial charge on any atom is -0.478 e. The molecule has 4 rings (SSSR count). The Kier molecular flexibility index (Phi) is 6.17. The second-order valence-corrected chi connectivity index (χ2v) is 9.54. The van der Waals surface area contributed by atoms with Crippen molar-refractivity contribution in [2.75, 3.05) is 24.5 Å². The van der Waals surface area contributed by atoms with Gasteiger partial charge in [0.2, 0.25) is 0 Å². The molecule has 1 N–H and O–H groups in total. The maximum atomic E-state index is 13.6. The van der Waals surface area contributed by atoms with Gasteiger partial charge in [0.1, 0.15) is 11.4 Å². The standard InChI is InChI=1S/C26H28FN3O4/c1-16-15-29(25(33)34-26(2,3)4)11-12-30(16)22-14-19-13-18(24(31)32)7-10-21(19)28-23(22)17-5-8-20(27)9-6-17/h5-10,13-14,16H,11-12,15H2,1-4H3,(H,31,32)/t16-/m0/s1. The molecule has 2 aromatic carbocycles. The number of piperazine rings is 1. The minimum absolute atomic E-state index is 0.0534. The summed E-state index contributed by atoms with van der Waals surface area (Å²) in [6, 6.07) is 12.8. The first kappa shape index (κ1) is 23.5. The topological polar surface area (TPSA) is 83.0 Å². The van der Waals surface area contributed by atoms with Gasteiger partial charge in [-0.25, -0.2) is 19.0 Å². The van der Waals surface area contributed by atoms with Crippen LogP contribution < -0.4 is 4.90 Å². The van der Waals surface area contributed by atoms with Crippen LogP contribution >= 0.6 is 0 Å². The number of rotatable bonds is 3. The van der Waals surface area contributed by atoms with Crippen molar-refractivity contribution in [3.8, 4) is 11.3 Å². The van der Waals surface area contributed by atoms with Crippen LogP contribution in [0, 0.1) is 5.82 Å². The second kappa shape index (κ2) is 8.93. The average molecular weight is 466 g/mol. The highest BCUT2D eigenvalue weighted by Crippen LogP contribution is 2.35. The quantitative estimate of drug-likeness (QED) is 0.574. The number of carboxylic acids is 1. The number of hydrogen-bond acceptors (Lipinski definition) is 5. The third-order valence-electron chi connectivity index (χ3n) is 5.75.